The zero-order valence-corrected chi connectivity index (χ0v) is 16.0. The van der Waals surface area contributed by atoms with Crippen molar-refractivity contribution in [3.05, 3.63) is 35.7 Å². The number of nitrogens with zero attached hydrogens (tertiary/aromatic N) is 3. The smallest absolute Gasteiger partial charge is 0.230 e. The van der Waals surface area contributed by atoms with Crippen molar-refractivity contribution in [1.29, 1.82) is 0 Å². The lowest BCUT2D eigenvalue weighted by Gasteiger charge is -2.29. The largest absolute Gasteiger partial charge is 0.352 e. The predicted molar refractivity (Wildman–Crippen MR) is 101 cm³/mol. The third-order valence-electron chi connectivity index (χ3n) is 4.94. The van der Waals surface area contributed by atoms with E-state index in [1.54, 1.807) is 0 Å². The van der Waals surface area contributed by atoms with Gasteiger partial charge in [-0.1, -0.05) is 49.7 Å². The fourth-order valence-corrected chi connectivity index (χ4v) is 4.24. The van der Waals surface area contributed by atoms with Crippen molar-refractivity contribution >= 4 is 17.7 Å². The molecule has 1 heterocycles. The van der Waals surface area contributed by atoms with Gasteiger partial charge in [-0.05, 0) is 44.2 Å². The first kappa shape index (κ1) is 18.0. The lowest BCUT2D eigenvalue weighted by atomic mass is 9.86. The molecule has 1 saturated carbocycles. The van der Waals surface area contributed by atoms with E-state index in [2.05, 4.69) is 41.5 Å². The summed E-state index contributed by atoms with van der Waals surface area (Å²) in [6.07, 6.45) is 4.79. The molecular formula is C19H26N4OS. The SMILES string of the molecule is Cc1ccccc1-n1c(C)nnc1SCC(=O)NC1CCCCC1C. The normalized spacial score (nSPS) is 20.4. The average molecular weight is 359 g/mol. The van der Waals surface area contributed by atoms with Crippen LogP contribution in [0.25, 0.3) is 5.69 Å². The van der Waals surface area contributed by atoms with Crippen molar-refractivity contribution in [2.24, 2.45) is 5.92 Å². The minimum Gasteiger partial charge on any atom is -0.352 e. The molecule has 0 radical (unpaired) electrons. The van der Waals surface area contributed by atoms with E-state index in [4.69, 9.17) is 0 Å². The highest BCUT2D eigenvalue weighted by molar-refractivity contribution is 7.99. The lowest BCUT2D eigenvalue weighted by molar-refractivity contribution is -0.119. The number of rotatable bonds is 5. The van der Waals surface area contributed by atoms with E-state index >= 15 is 0 Å². The molecule has 1 fully saturated rings. The molecule has 2 aromatic rings. The molecular weight excluding hydrogens is 332 g/mol. The molecule has 1 aliphatic carbocycles. The summed E-state index contributed by atoms with van der Waals surface area (Å²) < 4.78 is 2.02. The average Bonchev–Trinajstić information content (AvgIpc) is 2.96. The number of carbonyl (C=O) groups is 1. The van der Waals surface area contributed by atoms with E-state index in [1.165, 1.54) is 31.0 Å². The van der Waals surface area contributed by atoms with Gasteiger partial charge in [-0.2, -0.15) is 0 Å². The topological polar surface area (TPSA) is 59.8 Å². The fraction of sp³-hybridized carbons (Fsp3) is 0.526. The Morgan fingerprint density at radius 2 is 2.00 bits per heavy atom. The van der Waals surface area contributed by atoms with Gasteiger partial charge in [-0.3, -0.25) is 9.36 Å². The number of nitrogens with one attached hydrogen (secondary N) is 1. The molecule has 2 unspecified atom stereocenters. The van der Waals surface area contributed by atoms with E-state index in [9.17, 15) is 4.79 Å². The first-order valence-electron chi connectivity index (χ1n) is 8.96. The second kappa shape index (κ2) is 8.04. The maximum absolute atomic E-state index is 12.4. The zero-order valence-electron chi connectivity index (χ0n) is 15.2. The van der Waals surface area contributed by atoms with Gasteiger partial charge in [-0.15, -0.1) is 10.2 Å². The van der Waals surface area contributed by atoms with E-state index in [0.29, 0.717) is 17.7 Å². The monoisotopic (exact) mass is 358 g/mol. The van der Waals surface area contributed by atoms with Gasteiger partial charge in [0.1, 0.15) is 5.82 Å². The molecule has 0 aliphatic heterocycles. The highest BCUT2D eigenvalue weighted by atomic mass is 32.2. The van der Waals surface area contributed by atoms with E-state index < -0.39 is 0 Å². The summed E-state index contributed by atoms with van der Waals surface area (Å²) in [6, 6.07) is 8.47. The number of benzene rings is 1. The van der Waals surface area contributed by atoms with Crippen LogP contribution in [0.1, 0.15) is 44.0 Å². The first-order chi connectivity index (χ1) is 12.1. The molecule has 1 aromatic heterocycles. The van der Waals surface area contributed by atoms with Gasteiger partial charge in [0, 0.05) is 6.04 Å². The number of hydrogen-bond donors (Lipinski definition) is 1. The van der Waals surface area contributed by atoms with E-state index in [0.717, 1.165) is 28.7 Å². The molecule has 0 spiro atoms. The van der Waals surface area contributed by atoms with E-state index in [1.807, 2.05) is 23.6 Å². The highest BCUT2D eigenvalue weighted by Crippen LogP contribution is 2.25. The number of hydrogen-bond acceptors (Lipinski definition) is 4. The van der Waals surface area contributed by atoms with Crippen LogP contribution >= 0.6 is 11.8 Å². The molecule has 2 atom stereocenters. The standard InChI is InChI=1S/C19H26N4OS/c1-13-8-4-6-10-16(13)20-18(24)12-25-19-22-21-15(3)23(19)17-11-7-5-9-14(17)2/h5,7,9,11,13,16H,4,6,8,10,12H2,1-3H3,(H,20,24). The molecule has 0 bridgehead atoms. The Bertz CT molecular complexity index is 743. The van der Waals surface area contributed by atoms with Crippen LogP contribution in [0.4, 0.5) is 0 Å². The molecule has 5 nitrogen and oxygen atoms in total. The van der Waals surface area contributed by atoms with Crippen molar-refractivity contribution < 1.29 is 4.79 Å². The summed E-state index contributed by atoms with van der Waals surface area (Å²) in [6.45, 7) is 6.24. The summed E-state index contributed by atoms with van der Waals surface area (Å²) in [4.78, 5) is 12.4. The molecule has 0 saturated heterocycles. The molecule has 1 N–H and O–H groups in total. The summed E-state index contributed by atoms with van der Waals surface area (Å²) in [5.74, 6) is 1.85. The quantitative estimate of drug-likeness (QED) is 0.829. The van der Waals surface area contributed by atoms with Crippen LogP contribution in [-0.2, 0) is 4.79 Å². The summed E-state index contributed by atoms with van der Waals surface area (Å²) in [5, 5.41) is 12.4. The van der Waals surface area contributed by atoms with Gasteiger partial charge in [0.15, 0.2) is 5.16 Å². The molecule has 25 heavy (non-hydrogen) atoms. The fourth-order valence-electron chi connectivity index (χ4n) is 3.44. The number of thioether (sulfide) groups is 1. The van der Waals surface area contributed by atoms with Crippen molar-refractivity contribution in [2.75, 3.05) is 5.75 Å². The van der Waals surface area contributed by atoms with Crippen molar-refractivity contribution in [3.8, 4) is 5.69 Å². The Morgan fingerprint density at radius 3 is 2.76 bits per heavy atom. The Balaban J connectivity index is 1.66. The van der Waals surface area contributed by atoms with Gasteiger partial charge in [0.25, 0.3) is 0 Å². The van der Waals surface area contributed by atoms with Crippen molar-refractivity contribution in [1.82, 2.24) is 20.1 Å². The lowest BCUT2D eigenvalue weighted by Crippen LogP contribution is -2.41. The van der Waals surface area contributed by atoms with Crippen LogP contribution in [0, 0.1) is 19.8 Å². The second-order valence-corrected chi connectivity index (χ2v) is 7.82. The van der Waals surface area contributed by atoms with Crippen LogP contribution in [0.2, 0.25) is 0 Å². The minimum absolute atomic E-state index is 0.0840. The van der Waals surface area contributed by atoms with E-state index in [-0.39, 0.29) is 5.91 Å². The third kappa shape index (κ3) is 4.24. The predicted octanol–water partition coefficient (Wildman–Crippen LogP) is 3.67. The van der Waals surface area contributed by atoms with Gasteiger partial charge in [0.05, 0.1) is 11.4 Å². The maximum Gasteiger partial charge on any atom is 0.230 e. The Morgan fingerprint density at radius 1 is 1.24 bits per heavy atom. The van der Waals surface area contributed by atoms with Gasteiger partial charge >= 0.3 is 0 Å². The molecule has 1 amide bonds. The molecule has 1 aromatic carbocycles. The summed E-state index contributed by atoms with van der Waals surface area (Å²) >= 11 is 1.45. The minimum atomic E-state index is 0.0840. The third-order valence-corrected chi connectivity index (χ3v) is 5.87. The summed E-state index contributed by atoms with van der Waals surface area (Å²) in [5.41, 5.74) is 2.22. The van der Waals surface area contributed by atoms with Gasteiger partial charge < -0.3 is 5.32 Å². The molecule has 3 rings (SSSR count). The Kier molecular flexibility index (Phi) is 5.78. The molecule has 134 valence electrons. The highest BCUT2D eigenvalue weighted by Gasteiger charge is 2.23. The Hall–Kier alpha value is -1.82. The number of para-hydroxylation sites is 1. The van der Waals surface area contributed by atoms with Gasteiger partial charge in [0.2, 0.25) is 5.91 Å². The molecule has 1 aliphatic rings. The number of amides is 1. The number of carbonyl (C=O) groups excluding carboxylic acids is 1. The molecule has 6 heteroatoms. The number of aromatic nitrogens is 3. The van der Waals surface area contributed by atoms with Crippen molar-refractivity contribution in [2.45, 2.75) is 57.7 Å². The summed E-state index contributed by atoms with van der Waals surface area (Å²) in [7, 11) is 0. The first-order valence-corrected chi connectivity index (χ1v) is 9.95. The van der Waals surface area contributed by atoms with Crippen LogP contribution in [-0.4, -0.2) is 32.5 Å². The van der Waals surface area contributed by atoms with Gasteiger partial charge in [-0.25, -0.2) is 0 Å². The van der Waals surface area contributed by atoms with Crippen LogP contribution < -0.4 is 5.32 Å². The van der Waals surface area contributed by atoms with Crippen LogP contribution in [0.3, 0.4) is 0 Å². The van der Waals surface area contributed by atoms with Crippen LogP contribution in [0.5, 0.6) is 0 Å². The Labute approximate surface area is 153 Å². The van der Waals surface area contributed by atoms with Crippen molar-refractivity contribution in [3.63, 3.8) is 0 Å². The zero-order chi connectivity index (χ0) is 17.8. The van der Waals surface area contributed by atoms with Crippen LogP contribution in [0.15, 0.2) is 29.4 Å². The number of aryl methyl sites for hydroxylation is 2. The maximum atomic E-state index is 12.4. The second-order valence-electron chi connectivity index (χ2n) is 6.88.